The maximum absolute atomic E-state index is 5.98. The van der Waals surface area contributed by atoms with Crippen molar-refractivity contribution in [3.63, 3.8) is 0 Å². The third-order valence-corrected chi connectivity index (χ3v) is 5.07. The van der Waals surface area contributed by atoms with Gasteiger partial charge in [-0.05, 0) is 49.8 Å². The van der Waals surface area contributed by atoms with Crippen LogP contribution in [0.15, 0.2) is 22.7 Å². The molecule has 1 aromatic rings. The standard InChI is InChI=1S/C17H27BrN2/c1-3-5-14-6-4-10-20(11-9-14)15-7-8-16(13(2)19)17(18)12-15/h7-8,12-14H,3-6,9-11,19H2,1-2H3. The Morgan fingerprint density at radius 3 is 2.80 bits per heavy atom. The van der Waals surface area contributed by atoms with Gasteiger partial charge in [-0.1, -0.05) is 41.8 Å². The van der Waals surface area contributed by atoms with Gasteiger partial charge in [0.05, 0.1) is 0 Å². The molecule has 112 valence electrons. The number of anilines is 1. The van der Waals surface area contributed by atoms with Gasteiger partial charge in [0.2, 0.25) is 0 Å². The van der Waals surface area contributed by atoms with Crippen molar-refractivity contribution in [1.29, 1.82) is 0 Å². The van der Waals surface area contributed by atoms with Gasteiger partial charge in [-0.25, -0.2) is 0 Å². The summed E-state index contributed by atoms with van der Waals surface area (Å²) in [7, 11) is 0. The molecule has 1 saturated heterocycles. The van der Waals surface area contributed by atoms with Gasteiger partial charge in [0.1, 0.15) is 0 Å². The fourth-order valence-corrected chi connectivity index (χ4v) is 3.93. The number of nitrogens with zero attached hydrogens (tertiary/aromatic N) is 1. The number of hydrogen-bond acceptors (Lipinski definition) is 2. The Labute approximate surface area is 131 Å². The highest BCUT2D eigenvalue weighted by Gasteiger charge is 2.17. The van der Waals surface area contributed by atoms with Crippen molar-refractivity contribution in [3.05, 3.63) is 28.2 Å². The van der Waals surface area contributed by atoms with Crippen LogP contribution in [0, 0.1) is 5.92 Å². The average Bonchev–Trinajstić information content (AvgIpc) is 2.64. The number of benzene rings is 1. The molecular formula is C17H27BrN2. The molecule has 1 aliphatic heterocycles. The summed E-state index contributed by atoms with van der Waals surface area (Å²) < 4.78 is 1.14. The lowest BCUT2D eigenvalue weighted by atomic mass is 9.96. The highest BCUT2D eigenvalue weighted by molar-refractivity contribution is 9.10. The zero-order valence-electron chi connectivity index (χ0n) is 12.7. The van der Waals surface area contributed by atoms with Gasteiger partial charge in [0, 0.05) is 29.3 Å². The maximum atomic E-state index is 5.98. The molecule has 1 fully saturated rings. The fraction of sp³-hybridized carbons (Fsp3) is 0.647. The van der Waals surface area contributed by atoms with Crippen molar-refractivity contribution in [2.75, 3.05) is 18.0 Å². The van der Waals surface area contributed by atoms with Crippen LogP contribution in [0.4, 0.5) is 5.69 Å². The number of nitrogens with two attached hydrogens (primary N) is 1. The topological polar surface area (TPSA) is 29.3 Å². The van der Waals surface area contributed by atoms with E-state index in [2.05, 4.69) is 46.0 Å². The van der Waals surface area contributed by atoms with Gasteiger partial charge in [0.25, 0.3) is 0 Å². The summed E-state index contributed by atoms with van der Waals surface area (Å²) >= 11 is 3.66. The third kappa shape index (κ3) is 3.98. The Kier molecular flexibility index (Phi) is 5.91. The Hall–Kier alpha value is -0.540. The van der Waals surface area contributed by atoms with Crippen molar-refractivity contribution in [2.24, 2.45) is 11.7 Å². The van der Waals surface area contributed by atoms with E-state index in [1.807, 2.05) is 6.92 Å². The zero-order valence-corrected chi connectivity index (χ0v) is 14.3. The van der Waals surface area contributed by atoms with Crippen molar-refractivity contribution in [1.82, 2.24) is 0 Å². The predicted octanol–water partition coefficient (Wildman–Crippen LogP) is 4.88. The Balaban J connectivity index is 2.06. The second-order valence-corrected chi connectivity index (χ2v) is 6.92. The van der Waals surface area contributed by atoms with E-state index in [-0.39, 0.29) is 6.04 Å². The molecule has 20 heavy (non-hydrogen) atoms. The van der Waals surface area contributed by atoms with Crippen LogP contribution in [0.25, 0.3) is 0 Å². The van der Waals surface area contributed by atoms with Crippen LogP contribution < -0.4 is 10.6 Å². The third-order valence-electron chi connectivity index (χ3n) is 4.38. The molecule has 2 unspecified atom stereocenters. The molecular weight excluding hydrogens is 312 g/mol. The maximum Gasteiger partial charge on any atom is 0.0377 e. The van der Waals surface area contributed by atoms with Gasteiger partial charge in [-0.2, -0.15) is 0 Å². The fourth-order valence-electron chi connectivity index (χ4n) is 3.20. The molecule has 0 radical (unpaired) electrons. The van der Waals surface area contributed by atoms with E-state index in [0.29, 0.717) is 0 Å². The van der Waals surface area contributed by atoms with Crippen LogP contribution in [0.5, 0.6) is 0 Å². The lowest BCUT2D eigenvalue weighted by Gasteiger charge is -2.24. The Bertz CT molecular complexity index is 431. The van der Waals surface area contributed by atoms with Crippen LogP contribution in [0.1, 0.15) is 57.6 Å². The van der Waals surface area contributed by atoms with Gasteiger partial charge in [0.15, 0.2) is 0 Å². The first-order chi connectivity index (χ1) is 9.61. The van der Waals surface area contributed by atoms with Gasteiger partial charge < -0.3 is 10.6 Å². The summed E-state index contributed by atoms with van der Waals surface area (Å²) in [6, 6.07) is 6.71. The Morgan fingerprint density at radius 1 is 1.35 bits per heavy atom. The van der Waals surface area contributed by atoms with Crippen LogP contribution in [0.3, 0.4) is 0 Å². The first-order valence-corrected chi connectivity index (χ1v) is 8.71. The molecule has 0 bridgehead atoms. The normalized spacial score (nSPS) is 21.6. The summed E-state index contributed by atoms with van der Waals surface area (Å²) in [5.74, 6) is 0.928. The molecule has 1 aromatic carbocycles. The van der Waals surface area contributed by atoms with E-state index < -0.39 is 0 Å². The average molecular weight is 339 g/mol. The second kappa shape index (κ2) is 7.46. The SMILES string of the molecule is CCCC1CCCN(c2ccc(C(C)N)c(Br)c2)CC1. The molecule has 0 spiro atoms. The van der Waals surface area contributed by atoms with E-state index in [1.54, 1.807) is 0 Å². The molecule has 0 aliphatic carbocycles. The molecule has 2 N–H and O–H groups in total. The van der Waals surface area contributed by atoms with Crippen molar-refractivity contribution in [3.8, 4) is 0 Å². The second-order valence-electron chi connectivity index (χ2n) is 6.07. The summed E-state index contributed by atoms with van der Waals surface area (Å²) in [5, 5.41) is 0. The summed E-state index contributed by atoms with van der Waals surface area (Å²) in [6.45, 7) is 6.70. The highest BCUT2D eigenvalue weighted by Crippen LogP contribution is 2.30. The summed E-state index contributed by atoms with van der Waals surface area (Å²) in [6.07, 6.45) is 6.75. The van der Waals surface area contributed by atoms with Gasteiger partial charge in [-0.3, -0.25) is 0 Å². The molecule has 2 rings (SSSR count). The Morgan fingerprint density at radius 2 is 2.15 bits per heavy atom. The zero-order chi connectivity index (χ0) is 14.5. The molecule has 3 heteroatoms. The molecule has 1 aliphatic rings. The minimum absolute atomic E-state index is 0.0801. The highest BCUT2D eigenvalue weighted by atomic mass is 79.9. The predicted molar refractivity (Wildman–Crippen MR) is 91.2 cm³/mol. The van der Waals surface area contributed by atoms with E-state index in [0.717, 1.165) is 10.4 Å². The molecule has 0 saturated carbocycles. The van der Waals surface area contributed by atoms with E-state index in [1.165, 1.54) is 56.4 Å². The van der Waals surface area contributed by atoms with Crippen LogP contribution >= 0.6 is 15.9 Å². The number of rotatable bonds is 4. The van der Waals surface area contributed by atoms with Crippen LogP contribution in [0.2, 0.25) is 0 Å². The number of halogens is 1. The summed E-state index contributed by atoms with van der Waals surface area (Å²) in [5.41, 5.74) is 8.50. The van der Waals surface area contributed by atoms with Crippen molar-refractivity contribution < 1.29 is 0 Å². The monoisotopic (exact) mass is 338 g/mol. The first kappa shape index (κ1) is 15.8. The van der Waals surface area contributed by atoms with Gasteiger partial charge in [-0.15, -0.1) is 0 Å². The number of hydrogen-bond donors (Lipinski definition) is 1. The van der Waals surface area contributed by atoms with Gasteiger partial charge >= 0.3 is 0 Å². The molecule has 2 atom stereocenters. The lowest BCUT2D eigenvalue weighted by Crippen LogP contribution is -2.24. The van der Waals surface area contributed by atoms with E-state index >= 15 is 0 Å². The van der Waals surface area contributed by atoms with E-state index in [4.69, 9.17) is 5.73 Å². The lowest BCUT2D eigenvalue weighted by molar-refractivity contribution is 0.435. The molecule has 0 aromatic heterocycles. The van der Waals surface area contributed by atoms with Crippen LogP contribution in [-0.2, 0) is 0 Å². The van der Waals surface area contributed by atoms with Crippen molar-refractivity contribution >= 4 is 21.6 Å². The summed E-state index contributed by atoms with van der Waals surface area (Å²) in [4.78, 5) is 2.53. The molecule has 0 amide bonds. The molecule has 2 nitrogen and oxygen atoms in total. The van der Waals surface area contributed by atoms with E-state index in [9.17, 15) is 0 Å². The first-order valence-electron chi connectivity index (χ1n) is 7.91. The molecule has 1 heterocycles. The smallest absolute Gasteiger partial charge is 0.0377 e. The largest absolute Gasteiger partial charge is 0.371 e. The minimum Gasteiger partial charge on any atom is -0.371 e. The minimum atomic E-state index is 0.0801. The van der Waals surface area contributed by atoms with Crippen LogP contribution in [-0.4, -0.2) is 13.1 Å². The van der Waals surface area contributed by atoms with Crippen molar-refractivity contribution in [2.45, 2.75) is 52.0 Å². The quantitative estimate of drug-likeness (QED) is 0.847.